The maximum Gasteiger partial charge on any atom is 0.410 e. The first-order valence-corrected chi connectivity index (χ1v) is 15.0. The quantitative estimate of drug-likeness (QED) is 0.204. The predicted molar refractivity (Wildman–Crippen MR) is 145 cm³/mol. The molecule has 0 spiro atoms. The summed E-state index contributed by atoms with van der Waals surface area (Å²) < 4.78 is 63.2. The summed E-state index contributed by atoms with van der Waals surface area (Å²) in [6.07, 6.45) is 1.79. The van der Waals surface area contributed by atoms with Crippen molar-refractivity contribution in [3.63, 3.8) is 0 Å². The number of halogens is 1. The Balaban J connectivity index is 1.58. The highest BCUT2D eigenvalue weighted by Crippen LogP contribution is 2.38. The Kier molecular flexibility index (Phi) is 10.7. The molecule has 4 rings (SSSR count). The number of benzene rings is 1. The molecule has 3 heterocycles. The van der Waals surface area contributed by atoms with Crippen LogP contribution in [0.15, 0.2) is 47.5 Å². The lowest BCUT2D eigenvalue weighted by Gasteiger charge is -2.44. The van der Waals surface area contributed by atoms with E-state index in [1.54, 1.807) is 0 Å². The fraction of sp³-hybridized carbons (Fsp3) is 0.519. The molecule has 2 fully saturated rings. The smallest absolute Gasteiger partial charge is 0.410 e. The van der Waals surface area contributed by atoms with Gasteiger partial charge in [0.1, 0.15) is 29.1 Å². The van der Waals surface area contributed by atoms with Crippen LogP contribution in [0.3, 0.4) is 0 Å². The Hall–Kier alpha value is -3.37. The molecule has 13 nitrogen and oxygen atoms in total. The zero-order valence-corrected chi connectivity index (χ0v) is 24.4. The van der Waals surface area contributed by atoms with E-state index in [0.717, 1.165) is 16.9 Å². The molecule has 2 saturated heterocycles. The molecule has 0 radical (unpaired) electrons. The van der Waals surface area contributed by atoms with E-state index in [1.807, 2.05) is 6.92 Å². The molecule has 2 bridgehead atoms. The number of hydrogen-bond donors (Lipinski definition) is 1. The first kappa shape index (κ1) is 31.6. The second kappa shape index (κ2) is 14.2. The van der Waals surface area contributed by atoms with Gasteiger partial charge < -0.3 is 18.9 Å². The molecule has 2 amide bonds. The van der Waals surface area contributed by atoms with E-state index < -0.39 is 52.3 Å². The van der Waals surface area contributed by atoms with E-state index in [1.165, 1.54) is 55.5 Å². The molecule has 1 aromatic heterocycles. The first-order valence-electron chi connectivity index (χ1n) is 13.5. The number of piperazine rings is 1. The molecule has 230 valence electrons. The maximum atomic E-state index is 13.9. The van der Waals surface area contributed by atoms with Crippen molar-refractivity contribution in [2.24, 2.45) is 0 Å². The Morgan fingerprint density at radius 3 is 2.52 bits per heavy atom. The number of amides is 2. The van der Waals surface area contributed by atoms with Crippen LogP contribution in [0.1, 0.15) is 32.6 Å². The van der Waals surface area contributed by atoms with Gasteiger partial charge >= 0.3 is 6.09 Å². The van der Waals surface area contributed by atoms with Gasteiger partial charge in [-0.2, -0.15) is 4.31 Å². The van der Waals surface area contributed by atoms with Gasteiger partial charge in [0, 0.05) is 39.3 Å². The minimum atomic E-state index is -4.28. The molecule has 42 heavy (non-hydrogen) atoms. The standard InChI is InChI=1S/C27H35FN4O9S/c1-4-5-24(38-3)41-30-26(33)25-22-12-8-19(32(22)27(34)39-15-14-37-2)17-31(25)42(35,36)21-11-13-23(29-16-21)40-20-9-6-18(28)7-10-20/h6-7,9-11,13,16,19,22,24-25H,4-5,8,12,14-15,17H2,1-3H3,(H,30,33)/t19-,22+,24?,25?/m1/s1. The molecular weight excluding hydrogens is 575 g/mol. The van der Waals surface area contributed by atoms with Gasteiger partial charge in [0.05, 0.1) is 18.8 Å². The highest BCUT2D eigenvalue weighted by molar-refractivity contribution is 7.89. The summed E-state index contributed by atoms with van der Waals surface area (Å²) in [6.45, 7) is 1.98. The van der Waals surface area contributed by atoms with Crippen LogP contribution in [0, 0.1) is 5.82 Å². The number of fused-ring (bicyclic) bond motifs is 2. The number of carbonyl (C=O) groups excluding carboxylic acids is 2. The third-order valence-corrected chi connectivity index (χ3v) is 8.87. The number of pyridine rings is 1. The first-order chi connectivity index (χ1) is 20.2. The van der Waals surface area contributed by atoms with Crippen LogP contribution in [-0.2, 0) is 33.9 Å². The van der Waals surface area contributed by atoms with Crippen molar-refractivity contribution in [1.29, 1.82) is 0 Å². The van der Waals surface area contributed by atoms with Crippen LogP contribution in [0.4, 0.5) is 9.18 Å². The molecule has 1 aromatic carbocycles. The van der Waals surface area contributed by atoms with E-state index in [0.29, 0.717) is 25.0 Å². The normalized spacial score (nSPS) is 21.1. The highest BCUT2D eigenvalue weighted by atomic mass is 32.2. The number of hydrogen-bond acceptors (Lipinski definition) is 10. The topological polar surface area (TPSA) is 146 Å². The SMILES string of the molecule is CCCC(OC)ONC(=O)C1[C@@H]2CC[C@H](CN1S(=O)(=O)c1ccc(Oc3ccc(F)cc3)nc1)N2C(=O)OCCOC. The van der Waals surface area contributed by atoms with Crippen LogP contribution < -0.4 is 10.2 Å². The van der Waals surface area contributed by atoms with Gasteiger partial charge in [-0.15, -0.1) is 0 Å². The molecule has 2 unspecified atom stereocenters. The lowest BCUT2D eigenvalue weighted by atomic mass is 10.1. The summed E-state index contributed by atoms with van der Waals surface area (Å²) >= 11 is 0. The maximum absolute atomic E-state index is 13.9. The number of rotatable bonds is 13. The summed E-state index contributed by atoms with van der Waals surface area (Å²) in [5.41, 5.74) is 2.35. The van der Waals surface area contributed by atoms with Crippen molar-refractivity contribution in [2.75, 3.05) is 34.0 Å². The monoisotopic (exact) mass is 610 g/mol. The Labute approximate surface area is 243 Å². The molecule has 2 aromatic rings. The summed E-state index contributed by atoms with van der Waals surface area (Å²) in [5.74, 6) is -0.769. The number of nitrogens with one attached hydrogen (secondary N) is 1. The van der Waals surface area contributed by atoms with Gasteiger partial charge in [0.15, 0.2) is 6.29 Å². The lowest BCUT2D eigenvalue weighted by molar-refractivity contribution is -0.183. The lowest BCUT2D eigenvalue weighted by Crippen LogP contribution is -2.66. The van der Waals surface area contributed by atoms with Gasteiger partial charge in [0.2, 0.25) is 15.9 Å². The Morgan fingerprint density at radius 1 is 1.12 bits per heavy atom. The predicted octanol–water partition coefficient (Wildman–Crippen LogP) is 2.82. The number of hydroxylamine groups is 1. The molecule has 15 heteroatoms. The summed E-state index contributed by atoms with van der Waals surface area (Å²) in [4.78, 5) is 37.3. The highest BCUT2D eigenvalue weighted by Gasteiger charge is 2.55. The minimum absolute atomic E-state index is 0.0117. The van der Waals surface area contributed by atoms with Crippen molar-refractivity contribution in [1.82, 2.24) is 19.7 Å². The molecular formula is C27H35FN4O9S. The second-order valence-electron chi connectivity index (χ2n) is 9.76. The van der Waals surface area contributed by atoms with Gasteiger partial charge in [-0.1, -0.05) is 13.3 Å². The third-order valence-electron chi connectivity index (χ3n) is 7.03. The Morgan fingerprint density at radius 2 is 1.88 bits per heavy atom. The van der Waals surface area contributed by atoms with E-state index in [4.69, 9.17) is 23.8 Å². The average Bonchev–Trinajstić information content (AvgIpc) is 3.29. The second-order valence-corrected chi connectivity index (χ2v) is 11.6. The van der Waals surface area contributed by atoms with E-state index in [2.05, 4.69) is 10.5 Å². The van der Waals surface area contributed by atoms with Crippen LogP contribution in [0.2, 0.25) is 0 Å². The van der Waals surface area contributed by atoms with Crippen molar-refractivity contribution >= 4 is 22.0 Å². The van der Waals surface area contributed by atoms with Crippen LogP contribution in [0.25, 0.3) is 0 Å². The zero-order valence-electron chi connectivity index (χ0n) is 23.6. The van der Waals surface area contributed by atoms with Gasteiger partial charge in [-0.3, -0.25) is 9.69 Å². The number of aromatic nitrogens is 1. The largest absolute Gasteiger partial charge is 0.447 e. The molecule has 4 atom stereocenters. The van der Waals surface area contributed by atoms with Crippen molar-refractivity contribution in [3.05, 3.63) is 48.4 Å². The van der Waals surface area contributed by atoms with Crippen LogP contribution in [0.5, 0.6) is 11.6 Å². The summed E-state index contributed by atoms with van der Waals surface area (Å²) in [6, 6.07) is 5.31. The van der Waals surface area contributed by atoms with Gasteiger partial charge in [0.25, 0.3) is 5.91 Å². The van der Waals surface area contributed by atoms with Crippen molar-refractivity contribution in [2.45, 2.75) is 61.9 Å². The van der Waals surface area contributed by atoms with E-state index in [-0.39, 0.29) is 30.5 Å². The van der Waals surface area contributed by atoms with Crippen molar-refractivity contribution in [3.8, 4) is 11.6 Å². The summed E-state index contributed by atoms with van der Waals surface area (Å²) in [7, 11) is -1.38. The fourth-order valence-corrected chi connectivity index (χ4v) is 6.62. The number of nitrogens with zero attached hydrogens (tertiary/aromatic N) is 3. The van der Waals surface area contributed by atoms with Gasteiger partial charge in [-0.25, -0.2) is 32.9 Å². The number of carbonyl (C=O) groups is 2. The molecule has 2 aliphatic rings. The van der Waals surface area contributed by atoms with Crippen LogP contribution >= 0.6 is 0 Å². The fourth-order valence-electron chi connectivity index (χ4n) is 5.02. The number of sulfonamides is 1. The minimum Gasteiger partial charge on any atom is -0.447 e. The van der Waals surface area contributed by atoms with Gasteiger partial charge in [-0.05, 0) is 43.2 Å². The molecule has 2 aliphatic heterocycles. The van der Waals surface area contributed by atoms with E-state index >= 15 is 0 Å². The van der Waals surface area contributed by atoms with E-state index in [9.17, 15) is 22.4 Å². The number of methoxy groups -OCH3 is 2. The van der Waals surface area contributed by atoms with Crippen LogP contribution in [-0.4, -0.2) is 93.0 Å². The molecule has 0 aliphatic carbocycles. The average molecular weight is 611 g/mol. The summed E-state index contributed by atoms with van der Waals surface area (Å²) in [5, 5.41) is 0. The molecule has 0 saturated carbocycles. The Bertz CT molecular complexity index is 1310. The zero-order chi connectivity index (χ0) is 30.3. The molecule has 1 N–H and O–H groups in total. The third kappa shape index (κ3) is 7.15. The number of ether oxygens (including phenoxy) is 4. The van der Waals surface area contributed by atoms with Crippen molar-refractivity contribution < 1.29 is 46.2 Å².